The van der Waals surface area contributed by atoms with Gasteiger partial charge in [-0.2, -0.15) is 0 Å². The highest BCUT2D eigenvalue weighted by atomic mass is 19.1. The number of benzene rings is 2. The highest BCUT2D eigenvalue weighted by Gasteiger charge is 2.39. The van der Waals surface area contributed by atoms with Crippen molar-refractivity contribution in [1.29, 1.82) is 0 Å². The molecule has 22 heavy (non-hydrogen) atoms. The van der Waals surface area contributed by atoms with E-state index in [1.54, 1.807) is 6.07 Å². The summed E-state index contributed by atoms with van der Waals surface area (Å²) in [4.78, 5) is 0. The molecule has 2 aromatic rings. The summed E-state index contributed by atoms with van der Waals surface area (Å²) in [6.45, 7) is 0. The first-order chi connectivity index (χ1) is 10.6. The summed E-state index contributed by atoms with van der Waals surface area (Å²) in [6, 6.07) is 8.43. The maximum absolute atomic E-state index is 14.2. The van der Waals surface area contributed by atoms with E-state index in [0.29, 0.717) is 11.3 Å². The molecule has 0 bridgehead atoms. The first-order valence-electron chi connectivity index (χ1n) is 7.31. The third-order valence-corrected chi connectivity index (χ3v) is 4.59. The fraction of sp³-hybridized carbons (Fsp3) is 0.222. The molecule has 1 nitrogen and oxygen atoms in total. The predicted octanol–water partition coefficient (Wildman–Crippen LogP) is 4.93. The van der Waals surface area contributed by atoms with Crippen LogP contribution < -0.4 is 5.32 Å². The predicted molar refractivity (Wildman–Crippen MR) is 79.1 cm³/mol. The van der Waals surface area contributed by atoms with Crippen molar-refractivity contribution in [3.8, 4) is 0 Å². The van der Waals surface area contributed by atoms with Crippen molar-refractivity contribution in [3.63, 3.8) is 0 Å². The summed E-state index contributed by atoms with van der Waals surface area (Å²) >= 11 is 0. The van der Waals surface area contributed by atoms with Gasteiger partial charge in [-0.3, -0.25) is 0 Å². The lowest BCUT2D eigenvalue weighted by Crippen LogP contribution is -2.30. The van der Waals surface area contributed by atoms with Gasteiger partial charge < -0.3 is 5.32 Å². The van der Waals surface area contributed by atoms with Gasteiger partial charge in [0.2, 0.25) is 0 Å². The Bertz CT molecular complexity index is 769. The van der Waals surface area contributed by atoms with Crippen LogP contribution >= 0.6 is 0 Å². The molecule has 2 aromatic carbocycles. The van der Waals surface area contributed by atoms with E-state index < -0.39 is 11.6 Å². The van der Waals surface area contributed by atoms with E-state index in [0.717, 1.165) is 18.1 Å². The molecule has 0 radical (unpaired) electrons. The molecule has 2 aliphatic rings. The van der Waals surface area contributed by atoms with E-state index in [-0.39, 0.29) is 23.7 Å². The highest BCUT2D eigenvalue weighted by Crippen LogP contribution is 2.50. The number of allylic oxidation sites excluding steroid dienone is 2. The summed E-state index contributed by atoms with van der Waals surface area (Å²) in [5.41, 5.74) is 1.75. The van der Waals surface area contributed by atoms with Crippen molar-refractivity contribution in [3.05, 3.63) is 77.1 Å². The molecule has 4 heteroatoms. The molecule has 0 amide bonds. The van der Waals surface area contributed by atoms with Gasteiger partial charge in [-0.15, -0.1) is 0 Å². The van der Waals surface area contributed by atoms with Crippen molar-refractivity contribution in [1.82, 2.24) is 0 Å². The van der Waals surface area contributed by atoms with Crippen LogP contribution in [0.1, 0.15) is 29.5 Å². The number of fused-ring (bicyclic) bond motifs is 3. The van der Waals surface area contributed by atoms with E-state index >= 15 is 0 Å². The zero-order chi connectivity index (χ0) is 15.3. The smallest absolute Gasteiger partial charge is 0.149 e. The summed E-state index contributed by atoms with van der Waals surface area (Å²) in [5.74, 6) is -1.39. The zero-order valence-electron chi connectivity index (χ0n) is 11.7. The normalized spacial score (nSPS) is 25.5. The number of rotatable bonds is 1. The summed E-state index contributed by atoms with van der Waals surface area (Å²) < 4.78 is 41.2. The molecule has 1 aliphatic heterocycles. The van der Waals surface area contributed by atoms with Gasteiger partial charge in [-0.05, 0) is 41.7 Å². The summed E-state index contributed by atoms with van der Waals surface area (Å²) in [5, 5.41) is 3.16. The van der Waals surface area contributed by atoms with Gasteiger partial charge in [-0.1, -0.05) is 24.3 Å². The van der Waals surface area contributed by atoms with Gasteiger partial charge in [-0.25, -0.2) is 13.2 Å². The van der Waals surface area contributed by atoms with Crippen molar-refractivity contribution in [2.75, 3.05) is 5.32 Å². The molecule has 0 spiro atoms. The van der Waals surface area contributed by atoms with Gasteiger partial charge in [0.15, 0.2) is 0 Å². The van der Waals surface area contributed by atoms with Crippen LogP contribution in [-0.4, -0.2) is 0 Å². The maximum Gasteiger partial charge on any atom is 0.149 e. The quantitative estimate of drug-likeness (QED) is 0.736. The molecule has 0 aromatic heterocycles. The molecule has 112 valence electrons. The molecule has 1 aliphatic carbocycles. The Labute approximate surface area is 126 Å². The third-order valence-electron chi connectivity index (χ3n) is 4.59. The van der Waals surface area contributed by atoms with Crippen LogP contribution in [-0.2, 0) is 0 Å². The Morgan fingerprint density at radius 3 is 2.68 bits per heavy atom. The second kappa shape index (κ2) is 4.90. The van der Waals surface area contributed by atoms with Crippen molar-refractivity contribution >= 4 is 5.69 Å². The van der Waals surface area contributed by atoms with E-state index in [1.165, 1.54) is 18.2 Å². The second-order valence-corrected chi connectivity index (χ2v) is 5.88. The Morgan fingerprint density at radius 1 is 1.00 bits per heavy atom. The van der Waals surface area contributed by atoms with Crippen LogP contribution in [0.3, 0.4) is 0 Å². The average Bonchev–Trinajstić information content (AvgIpc) is 2.96. The molecule has 4 rings (SSSR count). The van der Waals surface area contributed by atoms with Crippen LogP contribution in [0, 0.1) is 23.4 Å². The van der Waals surface area contributed by atoms with Gasteiger partial charge >= 0.3 is 0 Å². The molecule has 2 unspecified atom stereocenters. The molecule has 0 saturated carbocycles. The van der Waals surface area contributed by atoms with Gasteiger partial charge in [0.1, 0.15) is 17.5 Å². The first-order valence-corrected chi connectivity index (χ1v) is 7.31. The SMILES string of the molecule is Fc1cccc([C@H]2Nc3c(F)cc(F)cc3C3C=CCC32)c1. The van der Waals surface area contributed by atoms with Gasteiger partial charge in [0.25, 0.3) is 0 Å². The van der Waals surface area contributed by atoms with Gasteiger partial charge in [0.05, 0.1) is 11.7 Å². The lowest BCUT2D eigenvalue weighted by Gasteiger charge is -2.37. The fourth-order valence-corrected chi connectivity index (χ4v) is 3.65. The number of anilines is 1. The largest absolute Gasteiger partial charge is 0.375 e. The Balaban J connectivity index is 1.84. The molecule has 1 heterocycles. The van der Waals surface area contributed by atoms with E-state index in [2.05, 4.69) is 5.32 Å². The highest BCUT2D eigenvalue weighted by molar-refractivity contribution is 5.60. The minimum absolute atomic E-state index is 0.0466. The van der Waals surface area contributed by atoms with Gasteiger partial charge in [0, 0.05) is 12.0 Å². The minimum atomic E-state index is -0.602. The van der Waals surface area contributed by atoms with Crippen molar-refractivity contribution < 1.29 is 13.2 Å². The molecular formula is C18H14F3N. The Morgan fingerprint density at radius 2 is 1.86 bits per heavy atom. The van der Waals surface area contributed by atoms with Crippen molar-refractivity contribution in [2.24, 2.45) is 5.92 Å². The Hall–Kier alpha value is -2.23. The monoisotopic (exact) mass is 301 g/mol. The molecule has 1 N–H and O–H groups in total. The molecule has 0 fully saturated rings. The topological polar surface area (TPSA) is 12.0 Å². The van der Waals surface area contributed by atoms with Crippen LogP contribution in [0.25, 0.3) is 0 Å². The third kappa shape index (κ3) is 2.02. The fourth-order valence-electron chi connectivity index (χ4n) is 3.65. The number of hydrogen-bond donors (Lipinski definition) is 1. The van der Waals surface area contributed by atoms with Crippen LogP contribution in [0.4, 0.5) is 18.9 Å². The number of halogens is 3. The lowest BCUT2D eigenvalue weighted by atomic mass is 9.77. The average molecular weight is 301 g/mol. The molecule has 3 atom stereocenters. The first kappa shape index (κ1) is 13.4. The number of nitrogens with one attached hydrogen (secondary N) is 1. The lowest BCUT2D eigenvalue weighted by molar-refractivity contribution is 0.417. The standard InChI is InChI=1S/C18H14F3N/c19-11-4-1-3-10(7-11)17-14-6-2-5-13(14)15-8-12(20)9-16(21)18(15)22-17/h1-5,7-9,13-14,17,22H,6H2/t13?,14?,17-/m1/s1. The van der Waals surface area contributed by atoms with Crippen LogP contribution in [0.5, 0.6) is 0 Å². The minimum Gasteiger partial charge on any atom is -0.375 e. The maximum atomic E-state index is 14.2. The van der Waals surface area contributed by atoms with Crippen LogP contribution in [0.2, 0.25) is 0 Å². The van der Waals surface area contributed by atoms with Crippen molar-refractivity contribution in [2.45, 2.75) is 18.4 Å². The second-order valence-electron chi connectivity index (χ2n) is 5.88. The Kier molecular flexibility index (Phi) is 2.99. The van der Waals surface area contributed by atoms with E-state index in [9.17, 15) is 13.2 Å². The summed E-state index contributed by atoms with van der Waals surface area (Å²) in [6.07, 6.45) is 4.83. The summed E-state index contributed by atoms with van der Waals surface area (Å²) in [7, 11) is 0. The van der Waals surface area contributed by atoms with E-state index in [1.807, 2.05) is 18.2 Å². The zero-order valence-corrected chi connectivity index (χ0v) is 11.7. The van der Waals surface area contributed by atoms with E-state index in [4.69, 9.17) is 0 Å². The molecular weight excluding hydrogens is 287 g/mol. The number of hydrogen-bond acceptors (Lipinski definition) is 1. The molecule has 0 saturated heterocycles. The van der Waals surface area contributed by atoms with Crippen LogP contribution in [0.15, 0.2) is 48.6 Å².